The maximum atomic E-state index is 11.6. The van der Waals surface area contributed by atoms with Gasteiger partial charge in [0.25, 0.3) is 0 Å². The highest BCUT2D eigenvalue weighted by Gasteiger charge is 2.45. The number of nitrogens with one attached hydrogen (secondary N) is 1. The van der Waals surface area contributed by atoms with E-state index in [0.29, 0.717) is 19.8 Å². The highest BCUT2D eigenvalue weighted by atomic mass is 16.6. The van der Waals surface area contributed by atoms with Crippen molar-refractivity contribution in [3.63, 3.8) is 0 Å². The minimum Gasteiger partial charge on any atom is -0.465 e. The lowest BCUT2D eigenvalue weighted by Gasteiger charge is -2.36. The fourth-order valence-corrected chi connectivity index (χ4v) is 2.33. The second-order valence-electron chi connectivity index (χ2n) is 4.39. The van der Waals surface area contributed by atoms with Gasteiger partial charge >= 0.3 is 5.97 Å². The molecule has 0 bridgehead atoms. The molecule has 2 aliphatic rings. The van der Waals surface area contributed by atoms with Gasteiger partial charge < -0.3 is 14.2 Å². The molecule has 0 aliphatic carbocycles. The molecule has 5 nitrogen and oxygen atoms in total. The third-order valence-corrected chi connectivity index (χ3v) is 3.06. The summed E-state index contributed by atoms with van der Waals surface area (Å²) in [5.41, 5.74) is -0.380. The Morgan fingerprint density at radius 1 is 1.62 bits per heavy atom. The lowest BCUT2D eigenvalue weighted by atomic mass is 10.00. The quantitative estimate of drug-likeness (QED) is 0.696. The molecule has 3 atom stereocenters. The van der Waals surface area contributed by atoms with Crippen molar-refractivity contribution in [2.45, 2.75) is 44.6 Å². The summed E-state index contributed by atoms with van der Waals surface area (Å²) < 4.78 is 16.2. The van der Waals surface area contributed by atoms with E-state index >= 15 is 0 Å². The molecule has 92 valence electrons. The molecule has 2 aliphatic heterocycles. The van der Waals surface area contributed by atoms with E-state index in [1.54, 1.807) is 6.92 Å². The normalized spacial score (nSPS) is 38.9. The van der Waals surface area contributed by atoms with Crippen LogP contribution in [0.15, 0.2) is 0 Å². The summed E-state index contributed by atoms with van der Waals surface area (Å²) in [6.07, 6.45) is 1.73. The predicted octanol–water partition coefficient (Wildman–Crippen LogP) is 0.433. The van der Waals surface area contributed by atoms with Crippen molar-refractivity contribution in [3.05, 3.63) is 0 Å². The molecule has 0 aromatic rings. The average Bonchev–Trinajstić information content (AvgIpc) is 2.62. The number of hydrogen-bond acceptors (Lipinski definition) is 5. The molecule has 1 spiro atoms. The highest BCUT2D eigenvalue weighted by Crippen LogP contribution is 2.30. The van der Waals surface area contributed by atoms with E-state index in [0.717, 1.165) is 12.8 Å². The second-order valence-corrected chi connectivity index (χ2v) is 4.39. The first-order chi connectivity index (χ1) is 7.65. The second kappa shape index (κ2) is 4.69. The molecule has 2 heterocycles. The molecule has 0 saturated carbocycles. The van der Waals surface area contributed by atoms with Gasteiger partial charge in [-0.1, -0.05) is 0 Å². The van der Waals surface area contributed by atoms with Crippen LogP contribution in [0.5, 0.6) is 0 Å². The Bertz CT molecular complexity index is 271. The maximum absolute atomic E-state index is 11.6. The SMILES string of the molecule is CCOC(=O)C1COC2(CCOC(C)C2)N1. The number of carbonyl (C=O) groups is 1. The summed E-state index contributed by atoms with van der Waals surface area (Å²) in [4.78, 5) is 11.6. The Labute approximate surface area is 95.4 Å². The van der Waals surface area contributed by atoms with Crippen molar-refractivity contribution in [2.75, 3.05) is 19.8 Å². The van der Waals surface area contributed by atoms with Crippen LogP contribution in [0.3, 0.4) is 0 Å². The van der Waals surface area contributed by atoms with Gasteiger partial charge in [-0.2, -0.15) is 0 Å². The third-order valence-electron chi connectivity index (χ3n) is 3.06. The van der Waals surface area contributed by atoms with Gasteiger partial charge in [0.15, 0.2) is 0 Å². The number of esters is 1. The molecule has 2 saturated heterocycles. The summed E-state index contributed by atoms with van der Waals surface area (Å²) in [6, 6.07) is -0.328. The van der Waals surface area contributed by atoms with E-state index < -0.39 is 0 Å². The van der Waals surface area contributed by atoms with Crippen LogP contribution in [0.1, 0.15) is 26.7 Å². The van der Waals surface area contributed by atoms with E-state index in [4.69, 9.17) is 14.2 Å². The van der Waals surface area contributed by atoms with Crippen LogP contribution in [0.4, 0.5) is 0 Å². The van der Waals surface area contributed by atoms with Gasteiger partial charge in [-0.05, 0) is 13.8 Å². The summed E-state index contributed by atoms with van der Waals surface area (Å²) in [5, 5.41) is 3.24. The first-order valence-electron chi connectivity index (χ1n) is 5.85. The standard InChI is InChI=1S/C11H19NO4/c1-3-14-10(13)9-7-16-11(12-9)4-5-15-8(2)6-11/h8-9,12H,3-7H2,1-2H3. The first-order valence-corrected chi connectivity index (χ1v) is 5.85. The van der Waals surface area contributed by atoms with Gasteiger partial charge in [-0.25, -0.2) is 0 Å². The Balaban J connectivity index is 1.93. The van der Waals surface area contributed by atoms with Crippen molar-refractivity contribution in [1.29, 1.82) is 0 Å². The zero-order chi connectivity index (χ0) is 11.6. The molecule has 5 heteroatoms. The summed E-state index contributed by atoms with van der Waals surface area (Å²) in [5.74, 6) is -0.224. The Hall–Kier alpha value is -0.650. The van der Waals surface area contributed by atoms with Crippen LogP contribution in [0.25, 0.3) is 0 Å². The van der Waals surface area contributed by atoms with Crippen molar-refractivity contribution >= 4 is 5.97 Å². The number of hydrogen-bond donors (Lipinski definition) is 1. The maximum Gasteiger partial charge on any atom is 0.325 e. The average molecular weight is 229 g/mol. The Morgan fingerprint density at radius 2 is 2.44 bits per heavy atom. The molecule has 3 unspecified atom stereocenters. The number of ether oxygens (including phenoxy) is 3. The van der Waals surface area contributed by atoms with Crippen LogP contribution in [-0.2, 0) is 19.0 Å². The van der Waals surface area contributed by atoms with Gasteiger partial charge in [-0.15, -0.1) is 0 Å². The largest absolute Gasteiger partial charge is 0.465 e. The molecule has 0 aromatic heterocycles. The molecule has 0 aromatic carbocycles. The van der Waals surface area contributed by atoms with Crippen LogP contribution in [0, 0.1) is 0 Å². The van der Waals surface area contributed by atoms with Crippen LogP contribution < -0.4 is 5.32 Å². The van der Waals surface area contributed by atoms with Gasteiger partial charge in [0.2, 0.25) is 0 Å². The van der Waals surface area contributed by atoms with Gasteiger partial charge in [-0.3, -0.25) is 10.1 Å². The van der Waals surface area contributed by atoms with Crippen molar-refractivity contribution in [3.8, 4) is 0 Å². The van der Waals surface area contributed by atoms with Gasteiger partial charge in [0.05, 0.1) is 25.9 Å². The lowest BCUT2D eigenvalue weighted by Crippen LogP contribution is -2.52. The van der Waals surface area contributed by atoms with E-state index in [-0.39, 0.29) is 23.8 Å². The predicted molar refractivity (Wildman–Crippen MR) is 56.9 cm³/mol. The first kappa shape index (κ1) is 11.8. The Morgan fingerprint density at radius 3 is 3.12 bits per heavy atom. The van der Waals surface area contributed by atoms with Crippen LogP contribution in [-0.4, -0.2) is 43.7 Å². The molecular formula is C11H19NO4. The summed E-state index contributed by atoms with van der Waals surface area (Å²) >= 11 is 0. The zero-order valence-electron chi connectivity index (χ0n) is 9.82. The zero-order valence-corrected chi connectivity index (χ0v) is 9.82. The molecular weight excluding hydrogens is 210 g/mol. The highest BCUT2D eigenvalue weighted by molar-refractivity contribution is 5.76. The Kier molecular flexibility index (Phi) is 3.47. The molecule has 1 N–H and O–H groups in total. The van der Waals surface area contributed by atoms with Gasteiger partial charge in [0, 0.05) is 12.8 Å². The van der Waals surface area contributed by atoms with E-state index in [1.807, 2.05) is 6.92 Å². The van der Waals surface area contributed by atoms with E-state index in [2.05, 4.69) is 5.32 Å². The third kappa shape index (κ3) is 2.36. The van der Waals surface area contributed by atoms with Crippen LogP contribution >= 0.6 is 0 Å². The van der Waals surface area contributed by atoms with Gasteiger partial charge in [0.1, 0.15) is 11.8 Å². The number of carbonyl (C=O) groups excluding carboxylic acids is 1. The fourth-order valence-electron chi connectivity index (χ4n) is 2.33. The van der Waals surface area contributed by atoms with E-state index in [9.17, 15) is 4.79 Å². The molecule has 2 fully saturated rings. The van der Waals surface area contributed by atoms with Crippen molar-refractivity contribution in [2.24, 2.45) is 0 Å². The smallest absolute Gasteiger partial charge is 0.325 e. The minimum atomic E-state index is -0.380. The molecule has 0 radical (unpaired) electrons. The summed E-state index contributed by atoms with van der Waals surface area (Å²) in [6.45, 7) is 5.29. The molecule has 2 rings (SSSR count). The topological polar surface area (TPSA) is 56.8 Å². The monoisotopic (exact) mass is 229 g/mol. The van der Waals surface area contributed by atoms with Crippen molar-refractivity contribution in [1.82, 2.24) is 5.32 Å². The minimum absolute atomic E-state index is 0.169. The van der Waals surface area contributed by atoms with Crippen molar-refractivity contribution < 1.29 is 19.0 Å². The molecule has 0 amide bonds. The lowest BCUT2D eigenvalue weighted by molar-refractivity contribution is -0.145. The fraction of sp³-hybridized carbons (Fsp3) is 0.909. The molecule has 16 heavy (non-hydrogen) atoms. The van der Waals surface area contributed by atoms with E-state index in [1.165, 1.54) is 0 Å². The van der Waals surface area contributed by atoms with Crippen LogP contribution in [0.2, 0.25) is 0 Å². The number of rotatable bonds is 2. The summed E-state index contributed by atoms with van der Waals surface area (Å²) in [7, 11) is 0.